The molecule has 0 unspecified atom stereocenters. The lowest BCUT2D eigenvalue weighted by Crippen LogP contribution is -2.42. The number of benzene rings is 1. The fourth-order valence-corrected chi connectivity index (χ4v) is 3.44. The maximum atomic E-state index is 11.4. The van der Waals surface area contributed by atoms with E-state index in [0.29, 0.717) is 10.3 Å². The van der Waals surface area contributed by atoms with Crippen LogP contribution in [0.25, 0.3) is 0 Å². The van der Waals surface area contributed by atoms with Crippen LogP contribution in [-0.4, -0.2) is 16.3 Å². The number of carboxylic acid groups (broad SMARTS) is 1. The number of hydrogen-bond acceptors (Lipinski definition) is 2. The first kappa shape index (κ1) is 13.8. The fraction of sp³-hybridized carbons (Fsp3) is 0.500. The Bertz CT molecular complexity index is 467. The molecule has 1 fully saturated rings. The molecule has 1 aliphatic carbocycles. The number of hydrogen-bond donors (Lipinski definition) is 1. The van der Waals surface area contributed by atoms with Gasteiger partial charge in [-0.3, -0.25) is 4.79 Å². The molecule has 0 atom stereocenters. The van der Waals surface area contributed by atoms with Crippen LogP contribution in [0.15, 0.2) is 23.1 Å². The molecule has 0 spiro atoms. The third-order valence-electron chi connectivity index (χ3n) is 3.46. The van der Waals surface area contributed by atoms with Crippen LogP contribution in [0.4, 0.5) is 0 Å². The first-order chi connectivity index (χ1) is 8.45. The molecule has 2 rings (SSSR count). The maximum Gasteiger partial charge on any atom is 0.314 e. The molecule has 0 heterocycles. The minimum absolute atomic E-state index is 0.463. The topological polar surface area (TPSA) is 37.3 Å². The normalized spacial score (nSPS) is 17.6. The third kappa shape index (κ3) is 2.39. The lowest BCUT2D eigenvalue weighted by Gasteiger charge is -2.38. The molecule has 1 N–H and O–H groups in total. The summed E-state index contributed by atoms with van der Waals surface area (Å²) < 4.78 is 0. The van der Waals surface area contributed by atoms with Gasteiger partial charge in [0.05, 0.1) is 10.4 Å². The second-order valence-electron chi connectivity index (χ2n) is 5.05. The van der Waals surface area contributed by atoms with Crippen molar-refractivity contribution in [3.8, 4) is 0 Å². The Kier molecular flexibility index (Phi) is 3.93. The Balaban J connectivity index is 2.31. The van der Waals surface area contributed by atoms with Gasteiger partial charge in [0.1, 0.15) is 0 Å². The highest BCUT2D eigenvalue weighted by Crippen LogP contribution is 2.45. The van der Waals surface area contributed by atoms with Gasteiger partial charge in [-0.1, -0.05) is 37.9 Å². The monoisotopic (exact) mass is 284 g/mol. The molecule has 0 aromatic heterocycles. The molecule has 2 nitrogen and oxygen atoms in total. The molecule has 1 saturated carbocycles. The predicted octanol–water partition coefficient (Wildman–Crippen LogP) is 4.35. The van der Waals surface area contributed by atoms with E-state index in [0.717, 1.165) is 29.7 Å². The van der Waals surface area contributed by atoms with E-state index in [9.17, 15) is 9.90 Å². The Labute approximate surface area is 117 Å². The summed E-state index contributed by atoms with van der Waals surface area (Å²) in [6.07, 6.45) is 2.41. The smallest absolute Gasteiger partial charge is 0.314 e. The maximum absolute atomic E-state index is 11.4. The van der Waals surface area contributed by atoms with E-state index in [1.54, 1.807) is 11.8 Å². The number of carbonyl (C=O) groups is 1. The minimum Gasteiger partial charge on any atom is -0.481 e. The zero-order valence-corrected chi connectivity index (χ0v) is 12.1. The van der Waals surface area contributed by atoms with Crippen molar-refractivity contribution < 1.29 is 9.90 Å². The standard InChI is InChI=1S/C14H17ClO2S/c1-9(2)18-12-5-4-10(8-11(12)15)14(13(16)17)6-3-7-14/h4-5,8-9H,3,6-7H2,1-2H3,(H,16,17). The fourth-order valence-electron chi connectivity index (χ4n) is 2.30. The highest BCUT2D eigenvalue weighted by Gasteiger charge is 2.46. The molecule has 18 heavy (non-hydrogen) atoms. The van der Waals surface area contributed by atoms with Crippen molar-refractivity contribution in [3.05, 3.63) is 28.8 Å². The molecular formula is C14H17ClO2S. The molecule has 0 saturated heterocycles. The van der Waals surface area contributed by atoms with Gasteiger partial charge in [-0.2, -0.15) is 0 Å². The lowest BCUT2D eigenvalue weighted by atomic mass is 9.64. The van der Waals surface area contributed by atoms with Crippen molar-refractivity contribution in [1.82, 2.24) is 0 Å². The van der Waals surface area contributed by atoms with E-state index in [-0.39, 0.29) is 0 Å². The SMILES string of the molecule is CC(C)Sc1ccc(C2(C(=O)O)CCC2)cc1Cl. The summed E-state index contributed by atoms with van der Waals surface area (Å²) in [7, 11) is 0. The number of aliphatic carboxylic acids is 1. The van der Waals surface area contributed by atoms with Crippen molar-refractivity contribution in [2.45, 2.75) is 48.7 Å². The molecule has 1 aromatic rings. The number of rotatable bonds is 4. The second kappa shape index (κ2) is 5.14. The summed E-state index contributed by atoms with van der Waals surface area (Å²) in [5.41, 5.74) is 0.157. The largest absolute Gasteiger partial charge is 0.481 e. The summed E-state index contributed by atoms with van der Waals surface area (Å²) in [5.74, 6) is -0.728. The van der Waals surface area contributed by atoms with E-state index in [4.69, 9.17) is 11.6 Å². The molecular weight excluding hydrogens is 268 g/mol. The second-order valence-corrected chi connectivity index (χ2v) is 7.08. The summed E-state index contributed by atoms with van der Waals surface area (Å²) in [6.45, 7) is 4.22. The van der Waals surface area contributed by atoms with Crippen LogP contribution in [0.2, 0.25) is 5.02 Å². The highest BCUT2D eigenvalue weighted by molar-refractivity contribution is 8.00. The number of halogens is 1. The van der Waals surface area contributed by atoms with Gasteiger partial charge in [0.25, 0.3) is 0 Å². The average molecular weight is 285 g/mol. The van der Waals surface area contributed by atoms with Gasteiger partial charge < -0.3 is 5.11 Å². The molecule has 4 heteroatoms. The van der Waals surface area contributed by atoms with Crippen LogP contribution >= 0.6 is 23.4 Å². The van der Waals surface area contributed by atoms with Gasteiger partial charge in [-0.25, -0.2) is 0 Å². The molecule has 1 aliphatic rings. The van der Waals surface area contributed by atoms with Crippen LogP contribution in [-0.2, 0) is 10.2 Å². The van der Waals surface area contributed by atoms with Crippen LogP contribution in [0.3, 0.4) is 0 Å². The van der Waals surface area contributed by atoms with Gasteiger partial charge in [0.2, 0.25) is 0 Å². The third-order valence-corrected chi connectivity index (χ3v) is 4.97. The van der Waals surface area contributed by atoms with Crippen molar-refractivity contribution in [2.75, 3.05) is 0 Å². The lowest BCUT2D eigenvalue weighted by molar-refractivity contribution is -0.147. The zero-order valence-electron chi connectivity index (χ0n) is 10.6. The van der Waals surface area contributed by atoms with E-state index in [1.165, 1.54) is 0 Å². The van der Waals surface area contributed by atoms with E-state index >= 15 is 0 Å². The summed E-state index contributed by atoms with van der Waals surface area (Å²) in [5, 5.41) is 10.5. The molecule has 0 radical (unpaired) electrons. The molecule has 1 aromatic carbocycles. The molecule has 0 bridgehead atoms. The Hall–Kier alpha value is -0.670. The van der Waals surface area contributed by atoms with Gasteiger partial charge in [0, 0.05) is 10.1 Å². The zero-order chi connectivity index (χ0) is 13.3. The summed E-state index contributed by atoms with van der Waals surface area (Å²) in [6, 6.07) is 5.70. The van der Waals surface area contributed by atoms with Crippen molar-refractivity contribution in [3.63, 3.8) is 0 Å². The van der Waals surface area contributed by atoms with Crippen LogP contribution in [0.5, 0.6) is 0 Å². The Morgan fingerprint density at radius 2 is 2.11 bits per heavy atom. The number of carboxylic acids is 1. The predicted molar refractivity (Wildman–Crippen MR) is 75.6 cm³/mol. The molecule has 0 aliphatic heterocycles. The highest BCUT2D eigenvalue weighted by atomic mass is 35.5. The van der Waals surface area contributed by atoms with Crippen LogP contribution in [0.1, 0.15) is 38.7 Å². The van der Waals surface area contributed by atoms with Crippen molar-refractivity contribution in [2.24, 2.45) is 0 Å². The van der Waals surface area contributed by atoms with Crippen LogP contribution in [0, 0.1) is 0 Å². The van der Waals surface area contributed by atoms with Gasteiger partial charge >= 0.3 is 5.97 Å². The number of thioether (sulfide) groups is 1. The van der Waals surface area contributed by atoms with Crippen molar-refractivity contribution in [1.29, 1.82) is 0 Å². The minimum atomic E-state index is -0.728. The van der Waals surface area contributed by atoms with Crippen LogP contribution < -0.4 is 0 Å². The van der Waals surface area contributed by atoms with E-state index in [1.807, 2.05) is 18.2 Å². The van der Waals surface area contributed by atoms with Gasteiger partial charge in [-0.15, -0.1) is 11.8 Å². The van der Waals surface area contributed by atoms with Gasteiger partial charge in [-0.05, 0) is 30.5 Å². The van der Waals surface area contributed by atoms with Gasteiger partial charge in [0.15, 0.2) is 0 Å². The van der Waals surface area contributed by atoms with Crippen molar-refractivity contribution >= 4 is 29.3 Å². The van der Waals surface area contributed by atoms with E-state index < -0.39 is 11.4 Å². The summed E-state index contributed by atoms with van der Waals surface area (Å²) >= 11 is 7.95. The van der Waals surface area contributed by atoms with E-state index in [2.05, 4.69) is 13.8 Å². The Morgan fingerprint density at radius 1 is 1.44 bits per heavy atom. The average Bonchev–Trinajstić information content (AvgIpc) is 2.19. The molecule has 0 amide bonds. The first-order valence-electron chi connectivity index (χ1n) is 6.16. The first-order valence-corrected chi connectivity index (χ1v) is 7.41. The summed E-state index contributed by atoms with van der Waals surface area (Å²) in [4.78, 5) is 12.5. The quantitative estimate of drug-likeness (QED) is 0.836. The Morgan fingerprint density at radius 3 is 2.50 bits per heavy atom. The molecule has 98 valence electrons.